The molecule has 1 fully saturated rings. The summed E-state index contributed by atoms with van der Waals surface area (Å²) in [6.07, 6.45) is 6.30. The van der Waals surface area contributed by atoms with Gasteiger partial charge in [0.1, 0.15) is 5.82 Å². The fourth-order valence-electron chi connectivity index (χ4n) is 3.04. The van der Waals surface area contributed by atoms with Gasteiger partial charge in [-0.1, -0.05) is 28.8 Å². The largest absolute Gasteiger partial charge is 0.376 e. The molecule has 114 valence electrons. The van der Waals surface area contributed by atoms with Crippen molar-refractivity contribution in [2.75, 3.05) is 12.5 Å². The fourth-order valence-corrected chi connectivity index (χ4v) is 3.56. The van der Waals surface area contributed by atoms with Gasteiger partial charge in [-0.25, -0.2) is 4.98 Å². The Bertz CT molecular complexity index is 608. The van der Waals surface area contributed by atoms with Gasteiger partial charge in [0.15, 0.2) is 0 Å². The number of hydrogen-bond acceptors (Lipinski definition) is 2. The summed E-state index contributed by atoms with van der Waals surface area (Å²) in [7, 11) is 0. The molecule has 0 amide bonds. The summed E-state index contributed by atoms with van der Waals surface area (Å²) in [6.45, 7) is 1.60. The monoisotopic (exact) mass is 370 g/mol. The van der Waals surface area contributed by atoms with E-state index in [2.05, 4.69) is 38.7 Å². The zero-order valence-corrected chi connectivity index (χ0v) is 14.4. The Hall–Kier alpha value is -0.580. The average molecular weight is 372 g/mol. The Balaban J connectivity index is 1.76. The van der Waals surface area contributed by atoms with E-state index in [4.69, 9.17) is 21.3 Å². The number of halogens is 2. The summed E-state index contributed by atoms with van der Waals surface area (Å²) in [5.74, 6) is 1.64. The van der Waals surface area contributed by atoms with Crippen molar-refractivity contribution in [3.05, 3.63) is 28.5 Å². The second-order valence-corrected chi connectivity index (χ2v) is 6.82. The number of ether oxygens (including phenoxy) is 1. The normalized spacial score (nSPS) is 16.1. The van der Waals surface area contributed by atoms with Gasteiger partial charge in [-0.3, -0.25) is 0 Å². The number of imidazole rings is 1. The quantitative estimate of drug-likeness (QED) is 0.697. The molecule has 5 heteroatoms. The van der Waals surface area contributed by atoms with Crippen molar-refractivity contribution in [2.24, 2.45) is 0 Å². The lowest BCUT2D eigenvalue weighted by atomic mass is 10.3. The molecule has 0 spiro atoms. The Morgan fingerprint density at radius 3 is 2.90 bits per heavy atom. The van der Waals surface area contributed by atoms with E-state index in [1.807, 2.05) is 0 Å². The van der Waals surface area contributed by atoms with Gasteiger partial charge in [0, 0.05) is 23.3 Å². The lowest BCUT2D eigenvalue weighted by Gasteiger charge is -2.13. The van der Waals surface area contributed by atoms with Crippen molar-refractivity contribution in [3.8, 4) is 0 Å². The van der Waals surface area contributed by atoms with Crippen LogP contribution in [0.3, 0.4) is 0 Å². The molecule has 0 aliphatic heterocycles. The van der Waals surface area contributed by atoms with Crippen LogP contribution >= 0.6 is 27.5 Å². The van der Waals surface area contributed by atoms with Gasteiger partial charge in [-0.05, 0) is 31.0 Å². The maximum absolute atomic E-state index is 5.99. The molecule has 1 heterocycles. The molecule has 0 unspecified atom stereocenters. The van der Waals surface area contributed by atoms with E-state index in [1.165, 1.54) is 25.7 Å². The predicted octanol–water partition coefficient (Wildman–Crippen LogP) is 4.54. The number of aromatic nitrogens is 2. The highest BCUT2D eigenvalue weighted by Crippen LogP contribution is 2.23. The average Bonchev–Trinajstić information content (AvgIpc) is 3.08. The number of fused-ring (bicyclic) bond motifs is 1. The summed E-state index contributed by atoms with van der Waals surface area (Å²) < 4.78 is 9.30. The Kier molecular flexibility index (Phi) is 5.19. The van der Waals surface area contributed by atoms with Crippen molar-refractivity contribution in [3.63, 3.8) is 0 Å². The maximum Gasteiger partial charge on any atom is 0.111 e. The van der Waals surface area contributed by atoms with Crippen LogP contribution < -0.4 is 0 Å². The summed E-state index contributed by atoms with van der Waals surface area (Å²) in [5, 5.41) is 0. The predicted molar refractivity (Wildman–Crippen MR) is 90.1 cm³/mol. The van der Waals surface area contributed by atoms with Crippen LogP contribution in [0.25, 0.3) is 11.0 Å². The van der Waals surface area contributed by atoms with Gasteiger partial charge in [0.25, 0.3) is 0 Å². The second-order valence-electron chi connectivity index (χ2n) is 5.53. The highest BCUT2D eigenvalue weighted by molar-refractivity contribution is 9.10. The lowest BCUT2D eigenvalue weighted by Crippen LogP contribution is -2.15. The summed E-state index contributed by atoms with van der Waals surface area (Å²) >= 11 is 9.41. The van der Waals surface area contributed by atoms with E-state index in [9.17, 15) is 0 Å². The van der Waals surface area contributed by atoms with Gasteiger partial charge >= 0.3 is 0 Å². The molecule has 21 heavy (non-hydrogen) atoms. The third kappa shape index (κ3) is 3.61. The first kappa shape index (κ1) is 15.3. The van der Waals surface area contributed by atoms with Crippen LogP contribution in [0.15, 0.2) is 22.7 Å². The molecule has 1 saturated carbocycles. The first-order valence-corrected chi connectivity index (χ1v) is 8.93. The van der Waals surface area contributed by atoms with Crippen molar-refractivity contribution < 1.29 is 4.74 Å². The Morgan fingerprint density at radius 1 is 1.33 bits per heavy atom. The summed E-state index contributed by atoms with van der Waals surface area (Å²) in [6, 6.07) is 6.23. The third-order valence-corrected chi connectivity index (χ3v) is 4.76. The first-order valence-electron chi connectivity index (χ1n) is 7.60. The van der Waals surface area contributed by atoms with Crippen LogP contribution in [0.4, 0.5) is 0 Å². The molecule has 0 radical (unpaired) electrons. The Morgan fingerprint density at radius 2 is 2.14 bits per heavy atom. The number of alkyl halides is 1. The van der Waals surface area contributed by atoms with Gasteiger partial charge in [0.2, 0.25) is 0 Å². The van der Waals surface area contributed by atoms with Crippen LogP contribution in [-0.2, 0) is 17.7 Å². The van der Waals surface area contributed by atoms with Crippen LogP contribution in [0.1, 0.15) is 31.5 Å². The zero-order valence-electron chi connectivity index (χ0n) is 12.0. The molecule has 0 bridgehead atoms. The topological polar surface area (TPSA) is 27.1 Å². The van der Waals surface area contributed by atoms with E-state index in [1.54, 1.807) is 0 Å². The molecule has 0 atom stereocenters. The van der Waals surface area contributed by atoms with E-state index < -0.39 is 0 Å². The third-order valence-electron chi connectivity index (χ3n) is 4.08. The minimum absolute atomic E-state index is 0.463. The maximum atomic E-state index is 5.99. The summed E-state index contributed by atoms with van der Waals surface area (Å²) in [4.78, 5) is 4.71. The van der Waals surface area contributed by atoms with E-state index in [-0.39, 0.29) is 0 Å². The SMILES string of the molecule is ClCCc1nc2cc(Br)ccc2n1CCOC1CCCC1. The van der Waals surface area contributed by atoms with Crippen molar-refractivity contribution in [1.82, 2.24) is 9.55 Å². The number of aryl methyl sites for hydroxylation is 1. The van der Waals surface area contributed by atoms with E-state index in [0.717, 1.165) is 40.9 Å². The molecular weight excluding hydrogens is 352 g/mol. The lowest BCUT2D eigenvalue weighted by molar-refractivity contribution is 0.0531. The number of benzene rings is 1. The highest BCUT2D eigenvalue weighted by Gasteiger charge is 2.16. The fraction of sp³-hybridized carbons (Fsp3) is 0.562. The minimum atomic E-state index is 0.463. The highest BCUT2D eigenvalue weighted by atomic mass is 79.9. The second kappa shape index (κ2) is 7.12. The molecule has 0 saturated heterocycles. The van der Waals surface area contributed by atoms with Crippen LogP contribution in [-0.4, -0.2) is 28.1 Å². The van der Waals surface area contributed by atoms with E-state index in [0.29, 0.717) is 12.0 Å². The summed E-state index contributed by atoms with van der Waals surface area (Å²) in [5.41, 5.74) is 2.18. The molecule has 1 aromatic heterocycles. The number of rotatable bonds is 6. The molecule has 0 N–H and O–H groups in total. The van der Waals surface area contributed by atoms with E-state index >= 15 is 0 Å². The van der Waals surface area contributed by atoms with Gasteiger partial charge in [0.05, 0.1) is 23.7 Å². The molecule has 1 aliphatic rings. The number of nitrogens with zero attached hydrogens (tertiary/aromatic N) is 2. The van der Waals surface area contributed by atoms with Crippen molar-refractivity contribution in [1.29, 1.82) is 0 Å². The van der Waals surface area contributed by atoms with Crippen LogP contribution in [0.5, 0.6) is 0 Å². The number of hydrogen-bond donors (Lipinski definition) is 0. The molecular formula is C16H20BrClN2O. The van der Waals surface area contributed by atoms with Gasteiger partial charge < -0.3 is 9.30 Å². The molecule has 3 nitrogen and oxygen atoms in total. The van der Waals surface area contributed by atoms with Crippen molar-refractivity contribution in [2.45, 2.75) is 44.8 Å². The van der Waals surface area contributed by atoms with Crippen molar-refractivity contribution >= 4 is 38.6 Å². The molecule has 1 aromatic carbocycles. The standard InChI is InChI=1S/C16H20BrClN2O/c17-12-5-6-15-14(11-12)19-16(7-8-18)20(15)9-10-21-13-3-1-2-4-13/h5-6,11,13H,1-4,7-10H2. The van der Waals surface area contributed by atoms with Gasteiger partial charge in [-0.15, -0.1) is 11.6 Å². The zero-order chi connectivity index (χ0) is 14.7. The smallest absolute Gasteiger partial charge is 0.111 e. The van der Waals surface area contributed by atoms with Crippen LogP contribution in [0, 0.1) is 0 Å². The Labute approximate surface area is 138 Å². The molecule has 2 aromatic rings. The minimum Gasteiger partial charge on any atom is -0.376 e. The molecule has 3 rings (SSSR count). The van der Waals surface area contributed by atoms with Gasteiger partial charge in [-0.2, -0.15) is 0 Å². The van der Waals surface area contributed by atoms with Crippen LogP contribution in [0.2, 0.25) is 0 Å². The molecule has 1 aliphatic carbocycles. The first-order chi connectivity index (χ1) is 10.3.